The monoisotopic (exact) mass is 420 g/mol. The summed E-state index contributed by atoms with van der Waals surface area (Å²) >= 11 is 3.15. The summed E-state index contributed by atoms with van der Waals surface area (Å²) in [5.74, 6) is -0.641. The van der Waals surface area contributed by atoms with Gasteiger partial charge in [0.05, 0.1) is 36.2 Å². The number of halogens is 1. The summed E-state index contributed by atoms with van der Waals surface area (Å²) in [5, 5.41) is 8.94. The molecule has 1 N–H and O–H groups in total. The van der Waals surface area contributed by atoms with Gasteiger partial charge in [-0.3, -0.25) is 4.79 Å². The Morgan fingerprint density at radius 3 is 2.72 bits per heavy atom. The van der Waals surface area contributed by atoms with E-state index in [1.54, 1.807) is 6.07 Å². The maximum atomic E-state index is 12.4. The number of hydrogen-bond acceptors (Lipinski definition) is 5. The number of benzene rings is 2. The first kappa shape index (κ1) is 17.6. The fourth-order valence-electron chi connectivity index (χ4n) is 2.55. The van der Waals surface area contributed by atoms with Gasteiger partial charge in [0.2, 0.25) is 5.91 Å². The summed E-state index contributed by atoms with van der Waals surface area (Å²) in [7, 11) is -4.05. The minimum absolute atomic E-state index is 0.0639. The molecule has 0 saturated carbocycles. The minimum atomic E-state index is -4.05. The lowest BCUT2D eigenvalue weighted by Crippen LogP contribution is -2.31. The highest BCUT2D eigenvalue weighted by Crippen LogP contribution is 2.22. The number of nitrogens with zero attached hydrogens (tertiary/aromatic N) is 1. The second-order valence-electron chi connectivity index (χ2n) is 5.59. The molecule has 1 aliphatic rings. The molecule has 0 atom stereocenters. The Kier molecular flexibility index (Phi) is 4.90. The van der Waals surface area contributed by atoms with Crippen LogP contribution in [0.5, 0.6) is 0 Å². The Bertz CT molecular complexity index is 996. The zero-order chi connectivity index (χ0) is 18.0. The smallest absolute Gasteiger partial charge is 0.264 e. The number of carbonyl (C=O) groups excluding carboxylic acids is 1. The van der Waals surface area contributed by atoms with Crippen LogP contribution in [0.25, 0.3) is 0 Å². The van der Waals surface area contributed by atoms with Crippen LogP contribution < -0.4 is 4.72 Å². The molecule has 0 aromatic heterocycles. The first-order chi connectivity index (χ1) is 11.9. The topological polar surface area (TPSA) is 96.3 Å². The standard InChI is InChI=1S/C17H13BrN2O4S/c18-15-4-12(8-19)5-16(7-15)25(22,23)20-17(21)6-11-1-2-13-9-24-10-14(13)3-11/h1-5,7H,6,9-10H2,(H,20,21). The molecule has 0 spiro atoms. The van der Waals surface area contributed by atoms with Crippen LogP contribution in [0.1, 0.15) is 22.3 Å². The van der Waals surface area contributed by atoms with Gasteiger partial charge in [-0.2, -0.15) is 5.26 Å². The van der Waals surface area contributed by atoms with Gasteiger partial charge in [0.15, 0.2) is 0 Å². The zero-order valence-electron chi connectivity index (χ0n) is 13.0. The first-order valence-electron chi connectivity index (χ1n) is 7.32. The summed E-state index contributed by atoms with van der Waals surface area (Å²) in [6.45, 7) is 1.05. The van der Waals surface area contributed by atoms with Crippen molar-refractivity contribution < 1.29 is 17.9 Å². The van der Waals surface area contributed by atoms with Crippen LogP contribution in [0.2, 0.25) is 0 Å². The van der Waals surface area contributed by atoms with Crippen molar-refractivity contribution >= 4 is 31.9 Å². The van der Waals surface area contributed by atoms with E-state index < -0.39 is 15.9 Å². The molecule has 1 amide bonds. The molecular weight excluding hydrogens is 408 g/mol. The first-order valence-corrected chi connectivity index (χ1v) is 9.60. The second kappa shape index (κ2) is 6.96. The third-order valence-corrected chi connectivity index (χ3v) is 5.52. The number of amides is 1. The summed E-state index contributed by atoms with van der Waals surface area (Å²) in [5.41, 5.74) is 2.98. The molecule has 0 radical (unpaired) electrons. The molecule has 3 rings (SSSR count). The van der Waals surface area contributed by atoms with Crippen LogP contribution in [0.3, 0.4) is 0 Å². The highest BCUT2D eigenvalue weighted by atomic mass is 79.9. The Balaban J connectivity index is 1.76. The number of carbonyl (C=O) groups is 1. The average Bonchev–Trinajstić information content (AvgIpc) is 3.01. The number of nitriles is 1. The molecule has 0 unspecified atom stereocenters. The number of sulfonamides is 1. The van der Waals surface area contributed by atoms with E-state index in [1.807, 2.05) is 22.9 Å². The third-order valence-electron chi connectivity index (χ3n) is 3.71. The van der Waals surface area contributed by atoms with Crippen LogP contribution in [0.4, 0.5) is 0 Å². The Morgan fingerprint density at radius 2 is 1.96 bits per heavy atom. The molecule has 8 heteroatoms. The van der Waals surface area contributed by atoms with E-state index in [1.165, 1.54) is 18.2 Å². The molecule has 0 saturated heterocycles. The third kappa shape index (κ3) is 4.07. The van der Waals surface area contributed by atoms with Crippen LogP contribution in [-0.2, 0) is 39.2 Å². The highest BCUT2D eigenvalue weighted by molar-refractivity contribution is 9.10. The van der Waals surface area contributed by atoms with E-state index in [0.29, 0.717) is 23.2 Å². The van der Waals surface area contributed by atoms with Crippen LogP contribution in [0.15, 0.2) is 45.8 Å². The molecule has 2 aromatic rings. The Labute approximate surface area is 153 Å². The number of ether oxygens (including phenoxy) is 1. The number of hydrogen-bond donors (Lipinski definition) is 1. The SMILES string of the molecule is N#Cc1cc(Br)cc(S(=O)(=O)NC(=O)Cc2ccc3c(c2)COC3)c1. The van der Waals surface area contributed by atoms with Crippen LogP contribution in [-0.4, -0.2) is 14.3 Å². The van der Waals surface area contributed by atoms with Crippen molar-refractivity contribution in [3.8, 4) is 6.07 Å². The Morgan fingerprint density at radius 1 is 1.20 bits per heavy atom. The van der Waals surface area contributed by atoms with Gasteiger partial charge in [0.1, 0.15) is 0 Å². The van der Waals surface area contributed by atoms with Gasteiger partial charge in [-0.1, -0.05) is 34.1 Å². The summed E-state index contributed by atoms with van der Waals surface area (Å²) < 4.78 is 32.5. The maximum Gasteiger partial charge on any atom is 0.264 e. The van der Waals surface area contributed by atoms with E-state index in [0.717, 1.165) is 11.1 Å². The van der Waals surface area contributed by atoms with Crippen molar-refractivity contribution in [3.63, 3.8) is 0 Å². The second-order valence-corrected chi connectivity index (χ2v) is 8.19. The van der Waals surface area contributed by atoms with Gasteiger partial charge in [-0.25, -0.2) is 13.1 Å². The quantitative estimate of drug-likeness (QED) is 0.818. The van der Waals surface area contributed by atoms with E-state index in [9.17, 15) is 13.2 Å². The lowest BCUT2D eigenvalue weighted by atomic mass is 10.0. The lowest BCUT2D eigenvalue weighted by Gasteiger charge is -2.08. The predicted octanol–water partition coefficient (Wildman–Crippen LogP) is 2.40. The Hall–Kier alpha value is -2.21. The minimum Gasteiger partial charge on any atom is -0.372 e. The van der Waals surface area contributed by atoms with Gasteiger partial charge in [-0.05, 0) is 34.9 Å². The molecule has 0 fully saturated rings. The zero-order valence-corrected chi connectivity index (χ0v) is 15.4. The summed E-state index contributed by atoms with van der Waals surface area (Å²) in [4.78, 5) is 12.0. The van der Waals surface area contributed by atoms with Gasteiger partial charge < -0.3 is 4.74 Å². The lowest BCUT2D eigenvalue weighted by molar-refractivity contribution is -0.118. The van der Waals surface area contributed by atoms with Gasteiger partial charge in [0, 0.05) is 4.47 Å². The van der Waals surface area contributed by atoms with Gasteiger partial charge >= 0.3 is 0 Å². The largest absolute Gasteiger partial charge is 0.372 e. The molecular formula is C17H13BrN2O4S. The van der Waals surface area contributed by atoms with Gasteiger partial charge in [-0.15, -0.1) is 0 Å². The van der Waals surface area contributed by atoms with Crippen molar-refractivity contribution in [2.24, 2.45) is 0 Å². The fourth-order valence-corrected chi connectivity index (χ4v) is 4.25. The number of rotatable bonds is 4. The fraction of sp³-hybridized carbons (Fsp3) is 0.176. The molecule has 128 valence electrons. The molecule has 2 aromatic carbocycles. The van der Waals surface area contributed by atoms with Crippen molar-refractivity contribution in [1.82, 2.24) is 4.72 Å². The van der Waals surface area contributed by atoms with Crippen molar-refractivity contribution in [3.05, 3.63) is 63.1 Å². The maximum absolute atomic E-state index is 12.4. The van der Waals surface area contributed by atoms with Crippen molar-refractivity contribution in [1.29, 1.82) is 5.26 Å². The summed E-state index contributed by atoms with van der Waals surface area (Å²) in [6, 6.07) is 11.4. The van der Waals surface area contributed by atoms with E-state index >= 15 is 0 Å². The average molecular weight is 421 g/mol. The van der Waals surface area contributed by atoms with E-state index in [-0.39, 0.29) is 16.9 Å². The number of nitrogens with one attached hydrogen (secondary N) is 1. The van der Waals surface area contributed by atoms with Crippen molar-refractivity contribution in [2.75, 3.05) is 0 Å². The molecule has 1 heterocycles. The molecule has 0 aliphatic carbocycles. The van der Waals surface area contributed by atoms with Crippen molar-refractivity contribution in [2.45, 2.75) is 24.5 Å². The summed E-state index contributed by atoms with van der Waals surface area (Å²) in [6.07, 6.45) is -0.0639. The molecule has 6 nitrogen and oxygen atoms in total. The van der Waals surface area contributed by atoms with E-state index in [4.69, 9.17) is 10.00 Å². The molecule has 1 aliphatic heterocycles. The predicted molar refractivity (Wildman–Crippen MR) is 92.8 cm³/mol. The molecule has 0 bridgehead atoms. The van der Waals surface area contributed by atoms with E-state index in [2.05, 4.69) is 15.9 Å². The molecule has 25 heavy (non-hydrogen) atoms. The van der Waals surface area contributed by atoms with Crippen LogP contribution >= 0.6 is 15.9 Å². The van der Waals surface area contributed by atoms with Crippen LogP contribution in [0, 0.1) is 11.3 Å². The highest BCUT2D eigenvalue weighted by Gasteiger charge is 2.20. The number of fused-ring (bicyclic) bond motifs is 1. The van der Waals surface area contributed by atoms with Gasteiger partial charge in [0.25, 0.3) is 10.0 Å². The normalized spacial score (nSPS) is 13.1.